The molecule has 0 radical (unpaired) electrons. The Morgan fingerprint density at radius 3 is 2.81 bits per heavy atom. The molecule has 1 amide bonds. The van der Waals surface area contributed by atoms with Gasteiger partial charge in [0.25, 0.3) is 5.91 Å². The number of H-pyrrole nitrogens is 1. The van der Waals surface area contributed by atoms with Crippen LogP contribution in [0.2, 0.25) is 0 Å². The van der Waals surface area contributed by atoms with E-state index in [0.717, 1.165) is 29.6 Å². The summed E-state index contributed by atoms with van der Waals surface area (Å²) in [7, 11) is 1.65. The number of methoxy groups -OCH3 is 1. The summed E-state index contributed by atoms with van der Waals surface area (Å²) >= 11 is 0. The Labute approximate surface area is 125 Å². The Balaban J connectivity index is 1.99. The van der Waals surface area contributed by atoms with Crippen LogP contribution in [0.25, 0.3) is 10.9 Å². The van der Waals surface area contributed by atoms with Crippen LogP contribution in [-0.2, 0) is 0 Å². The van der Waals surface area contributed by atoms with Crippen LogP contribution >= 0.6 is 0 Å². The number of nitrogens with one attached hydrogen (secondary N) is 1. The molecule has 4 heteroatoms. The van der Waals surface area contributed by atoms with Crippen LogP contribution in [0.5, 0.6) is 5.75 Å². The van der Waals surface area contributed by atoms with Crippen LogP contribution < -0.4 is 4.74 Å². The number of nitrogens with zero attached hydrogens (tertiary/aromatic N) is 1. The van der Waals surface area contributed by atoms with E-state index in [0.29, 0.717) is 11.6 Å². The monoisotopic (exact) mass is 286 g/mol. The van der Waals surface area contributed by atoms with Gasteiger partial charge in [0.15, 0.2) is 0 Å². The summed E-state index contributed by atoms with van der Waals surface area (Å²) in [6.07, 6.45) is 1.04. The number of fused-ring (bicyclic) bond motifs is 1. The molecule has 3 rings (SSSR count). The molecule has 21 heavy (non-hydrogen) atoms. The Kier molecular flexibility index (Phi) is 3.19. The van der Waals surface area contributed by atoms with Gasteiger partial charge in [0.1, 0.15) is 11.4 Å². The minimum atomic E-state index is -0.0854. The van der Waals surface area contributed by atoms with Gasteiger partial charge >= 0.3 is 0 Å². The molecule has 0 spiro atoms. The summed E-state index contributed by atoms with van der Waals surface area (Å²) in [4.78, 5) is 18.0. The van der Waals surface area contributed by atoms with Crippen LogP contribution in [0, 0.1) is 5.92 Å². The molecule has 1 unspecified atom stereocenters. The lowest BCUT2D eigenvalue weighted by Crippen LogP contribution is -2.42. The van der Waals surface area contributed by atoms with Crippen molar-refractivity contribution in [2.24, 2.45) is 5.92 Å². The van der Waals surface area contributed by atoms with Crippen molar-refractivity contribution in [3.05, 3.63) is 30.0 Å². The highest BCUT2D eigenvalue weighted by Crippen LogP contribution is 2.34. The van der Waals surface area contributed by atoms with Crippen molar-refractivity contribution in [3.8, 4) is 5.75 Å². The predicted octanol–water partition coefficient (Wildman–Crippen LogP) is 3.44. The number of hydrogen-bond acceptors (Lipinski definition) is 2. The Bertz CT molecular complexity index is 687. The summed E-state index contributed by atoms with van der Waals surface area (Å²) in [5, 5.41) is 0.952. The number of aromatic amines is 1. The zero-order valence-electron chi connectivity index (χ0n) is 13.1. The highest BCUT2D eigenvalue weighted by atomic mass is 16.5. The predicted molar refractivity (Wildman–Crippen MR) is 83.7 cm³/mol. The van der Waals surface area contributed by atoms with Gasteiger partial charge in [0.2, 0.25) is 0 Å². The van der Waals surface area contributed by atoms with Gasteiger partial charge in [-0.05, 0) is 44.4 Å². The molecule has 1 atom stereocenters. The Morgan fingerprint density at radius 1 is 1.43 bits per heavy atom. The van der Waals surface area contributed by atoms with Gasteiger partial charge in [0.05, 0.1) is 7.11 Å². The number of carbonyl (C=O) groups excluding carboxylic acids is 1. The lowest BCUT2D eigenvalue weighted by molar-refractivity contribution is 0.0645. The second-order valence-corrected chi connectivity index (χ2v) is 6.64. The summed E-state index contributed by atoms with van der Waals surface area (Å²) in [5.41, 5.74) is 1.48. The molecule has 4 nitrogen and oxygen atoms in total. The van der Waals surface area contributed by atoms with Crippen LogP contribution in [0.15, 0.2) is 24.3 Å². The lowest BCUT2D eigenvalue weighted by atomic mass is 9.97. The molecule has 0 bridgehead atoms. The SMILES string of the molecule is COc1cccc2[nH]c(C(=O)N3CC(C)CC3(C)C)cc12. The second-order valence-electron chi connectivity index (χ2n) is 6.64. The quantitative estimate of drug-likeness (QED) is 0.919. The topological polar surface area (TPSA) is 45.3 Å². The molecule has 0 saturated carbocycles. The summed E-state index contributed by atoms with van der Waals surface area (Å²) in [6.45, 7) is 7.29. The molecule has 1 aliphatic heterocycles. The summed E-state index contributed by atoms with van der Waals surface area (Å²) in [5.74, 6) is 1.40. The largest absolute Gasteiger partial charge is 0.496 e. The van der Waals surface area contributed by atoms with E-state index in [4.69, 9.17) is 4.74 Å². The van der Waals surface area contributed by atoms with Gasteiger partial charge in [-0.15, -0.1) is 0 Å². The smallest absolute Gasteiger partial charge is 0.270 e. The fraction of sp³-hybridized carbons (Fsp3) is 0.471. The number of hydrogen-bond donors (Lipinski definition) is 1. The first-order chi connectivity index (χ1) is 9.92. The molecule has 1 saturated heterocycles. The van der Waals surface area contributed by atoms with E-state index in [1.54, 1.807) is 7.11 Å². The molecule has 2 aromatic rings. The maximum Gasteiger partial charge on any atom is 0.270 e. The minimum absolute atomic E-state index is 0.0719. The number of carbonyl (C=O) groups is 1. The van der Waals surface area contributed by atoms with Crippen molar-refractivity contribution in [3.63, 3.8) is 0 Å². The molecule has 1 fully saturated rings. The summed E-state index contributed by atoms with van der Waals surface area (Å²) in [6, 6.07) is 7.70. The summed E-state index contributed by atoms with van der Waals surface area (Å²) < 4.78 is 5.36. The van der Waals surface area contributed by atoms with Gasteiger partial charge in [-0.2, -0.15) is 0 Å². The normalized spacial score (nSPS) is 21.0. The van der Waals surface area contributed by atoms with E-state index >= 15 is 0 Å². The highest BCUT2D eigenvalue weighted by molar-refractivity contribution is 6.00. The van der Waals surface area contributed by atoms with Gasteiger partial charge in [-0.25, -0.2) is 0 Å². The van der Waals surface area contributed by atoms with Crippen molar-refractivity contribution in [1.29, 1.82) is 0 Å². The molecule has 112 valence electrons. The lowest BCUT2D eigenvalue weighted by Gasteiger charge is -2.31. The van der Waals surface area contributed by atoms with Crippen molar-refractivity contribution >= 4 is 16.8 Å². The molecule has 0 aliphatic carbocycles. The van der Waals surface area contributed by atoms with Crippen LogP contribution in [-0.4, -0.2) is 35.0 Å². The number of rotatable bonds is 2. The first kappa shape index (κ1) is 14.0. The van der Waals surface area contributed by atoms with Gasteiger partial charge in [-0.3, -0.25) is 4.79 Å². The molecule has 2 heterocycles. The van der Waals surface area contributed by atoms with Crippen LogP contribution in [0.4, 0.5) is 0 Å². The van der Waals surface area contributed by atoms with E-state index in [1.165, 1.54) is 0 Å². The average Bonchev–Trinajstić information content (AvgIpc) is 2.97. The van der Waals surface area contributed by atoms with Crippen molar-refractivity contribution < 1.29 is 9.53 Å². The maximum atomic E-state index is 12.8. The molecule has 1 aromatic heterocycles. The fourth-order valence-electron chi connectivity index (χ4n) is 3.51. The zero-order chi connectivity index (χ0) is 15.2. The Hall–Kier alpha value is -1.97. The molecule has 1 aromatic carbocycles. The first-order valence-corrected chi connectivity index (χ1v) is 7.40. The van der Waals surface area contributed by atoms with Crippen molar-refractivity contribution in [2.45, 2.75) is 32.7 Å². The van der Waals surface area contributed by atoms with Gasteiger partial charge in [-0.1, -0.05) is 13.0 Å². The van der Waals surface area contributed by atoms with Crippen LogP contribution in [0.1, 0.15) is 37.7 Å². The maximum absolute atomic E-state index is 12.8. The second kappa shape index (κ2) is 4.79. The van der Waals surface area contributed by atoms with Gasteiger partial charge in [0, 0.05) is 23.0 Å². The molecular weight excluding hydrogens is 264 g/mol. The fourth-order valence-corrected chi connectivity index (χ4v) is 3.51. The number of benzene rings is 1. The molecule has 1 aliphatic rings. The van der Waals surface area contributed by atoms with Crippen molar-refractivity contribution in [1.82, 2.24) is 9.88 Å². The highest BCUT2D eigenvalue weighted by Gasteiger charge is 2.40. The van der Waals surface area contributed by atoms with E-state index in [-0.39, 0.29) is 11.4 Å². The molecule has 1 N–H and O–H groups in total. The van der Waals surface area contributed by atoms with E-state index in [2.05, 4.69) is 25.8 Å². The third-order valence-corrected chi connectivity index (χ3v) is 4.39. The zero-order valence-corrected chi connectivity index (χ0v) is 13.1. The minimum Gasteiger partial charge on any atom is -0.496 e. The number of likely N-dealkylation sites (tertiary alicyclic amines) is 1. The van der Waals surface area contributed by atoms with E-state index in [9.17, 15) is 4.79 Å². The van der Waals surface area contributed by atoms with E-state index < -0.39 is 0 Å². The van der Waals surface area contributed by atoms with Crippen LogP contribution in [0.3, 0.4) is 0 Å². The van der Waals surface area contributed by atoms with E-state index in [1.807, 2.05) is 29.2 Å². The third kappa shape index (κ3) is 2.28. The number of aromatic nitrogens is 1. The third-order valence-electron chi connectivity index (χ3n) is 4.39. The Morgan fingerprint density at radius 2 is 2.19 bits per heavy atom. The molecular formula is C17H22N2O2. The standard InChI is InChI=1S/C17H22N2O2/c1-11-9-17(2,3)19(10-11)16(20)14-8-12-13(18-14)6-5-7-15(12)21-4/h5-8,11,18H,9-10H2,1-4H3. The average molecular weight is 286 g/mol. The van der Waals surface area contributed by atoms with Crippen molar-refractivity contribution in [2.75, 3.05) is 13.7 Å². The number of ether oxygens (including phenoxy) is 1. The first-order valence-electron chi connectivity index (χ1n) is 7.40. The number of amides is 1. The van der Waals surface area contributed by atoms with Gasteiger partial charge < -0.3 is 14.6 Å².